The van der Waals surface area contributed by atoms with Crippen LogP contribution >= 0.6 is 0 Å². The summed E-state index contributed by atoms with van der Waals surface area (Å²) in [5.41, 5.74) is 4.32. The molecule has 0 spiro atoms. The van der Waals surface area contributed by atoms with Gasteiger partial charge in [0.2, 0.25) is 0 Å². The van der Waals surface area contributed by atoms with E-state index in [4.69, 9.17) is 9.47 Å². The molecule has 0 aromatic heterocycles. The number of nitriles is 1. The average Bonchev–Trinajstić information content (AvgIpc) is 3.23. The first kappa shape index (κ1) is 23.9. The van der Waals surface area contributed by atoms with Gasteiger partial charge in [-0.1, -0.05) is 36.4 Å². The van der Waals surface area contributed by atoms with Crippen LogP contribution in [0.4, 0.5) is 4.39 Å². The molecule has 3 aromatic carbocycles. The lowest BCUT2D eigenvalue weighted by Crippen LogP contribution is -2.29. The number of nitrogens with zero attached hydrogens (tertiary/aromatic N) is 2. The Bertz CT molecular complexity index is 1160. The normalized spacial score (nSPS) is 16.9. The van der Waals surface area contributed by atoms with Crippen molar-refractivity contribution in [3.63, 3.8) is 0 Å². The number of aryl methyl sites for hydroxylation is 1. The number of hydrogen-bond donors (Lipinski definition) is 0. The van der Waals surface area contributed by atoms with E-state index in [1.807, 2.05) is 42.5 Å². The lowest BCUT2D eigenvalue weighted by Gasteiger charge is -2.31. The molecule has 34 heavy (non-hydrogen) atoms. The van der Waals surface area contributed by atoms with E-state index in [2.05, 4.69) is 30.1 Å². The first-order chi connectivity index (χ1) is 16.6. The highest BCUT2D eigenvalue weighted by Gasteiger charge is 2.41. The summed E-state index contributed by atoms with van der Waals surface area (Å²) in [6, 6.07) is 22.8. The van der Waals surface area contributed by atoms with Crippen molar-refractivity contribution >= 4 is 0 Å². The maximum Gasteiger partial charge on any atom is 0.123 e. The third-order valence-electron chi connectivity index (χ3n) is 6.70. The Labute approximate surface area is 201 Å². The van der Waals surface area contributed by atoms with E-state index in [1.54, 1.807) is 7.11 Å². The van der Waals surface area contributed by atoms with Gasteiger partial charge >= 0.3 is 0 Å². The second kappa shape index (κ2) is 10.8. The zero-order valence-electron chi connectivity index (χ0n) is 19.9. The largest absolute Gasteiger partial charge is 0.496 e. The van der Waals surface area contributed by atoms with E-state index >= 15 is 0 Å². The number of ether oxygens (including phenoxy) is 2. The minimum atomic E-state index is -0.616. The SMILES string of the molecule is COc1ccccc1CCCN(C)CCCC1(c2ccc(F)cc2)OCc2cc(C#N)ccc21. The lowest BCUT2D eigenvalue weighted by atomic mass is 9.81. The van der Waals surface area contributed by atoms with Crippen molar-refractivity contribution < 1.29 is 13.9 Å². The van der Waals surface area contributed by atoms with Crippen molar-refractivity contribution in [3.8, 4) is 11.8 Å². The molecule has 1 unspecified atom stereocenters. The summed E-state index contributed by atoms with van der Waals surface area (Å²) in [4.78, 5) is 2.35. The number of methoxy groups -OCH3 is 1. The molecule has 4 nitrogen and oxygen atoms in total. The van der Waals surface area contributed by atoms with Gasteiger partial charge in [0, 0.05) is 0 Å². The van der Waals surface area contributed by atoms with Crippen molar-refractivity contribution in [2.24, 2.45) is 0 Å². The maximum absolute atomic E-state index is 13.6. The lowest BCUT2D eigenvalue weighted by molar-refractivity contribution is -0.0142. The van der Waals surface area contributed by atoms with Crippen molar-refractivity contribution in [1.29, 1.82) is 5.26 Å². The fourth-order valence-electron chi connectivity index (χ4n) is 4.92. The zero-order valence-corrected chi connectivity index (χ0v) is 19.9. The molecular weight excluding hydrogens is 427 g/mol. The molecule has 3 aromatic rings. The minimum Gasteiger partial charge on any atom is -0.496 e. The van der Waals surface area contributed by atoms with E-state index in [-0.39, 0.29) is 5.82 Å². The molecule has 1 aliphatic heterocycles. The van der Waals surface area contributed by atoms with Crippen LogP contribution in [0.1, 0.15) is 47.1 Å². The van der Waals surface area contributed by atoms with Crippen LogP contribution in [0.2, 0.25) is 0 Å². The van der Waals surface area contributed by atoms with Gasteiger partial charge in [0.15, 0.2) is 0 Å². The first-order valence-corrected chi connectivity index (χ1v) is 11.8. The van der Waals surface area contributed by atoms with Crippen LogP contribution in [0.3, 0.4) is 0 Å². The van der Waals surface area contributed by atoms with Gasteiger partial charge in [0.25, 0.3) is 0 Å². The van der Waals surface area contributed by atoms with Crippen LogP contribution in [-0.2, 0) is 23.4 Å². The third kappa shape index (κ3) is 5.14. The van der Waals surface area contributed by atoms with Gasteiger partial charge in [0.1, 0.15) is 17.2 Å². The highest BCUT2D eigenvalue weighted by atomic mass is 19.1. The van der Waals surface area contributed by atoms with E-state index < -0.39 is 5.60 Å². The number of rotatable bonds is 10. The Kier molecular flexibility index (Phi) is 7.62. The van der Waals surface area contributed by atoms with Gasteiger partial charge in [-0.15, -0.1) is 0 Å². The van der Waals surface area contributed by atoms with Gasteiger partial charge in [-0.3, -0.25) is 0 Å². The van der Waals surface area contributed by atoms with Gasteiger partial charge < -0.3 is 14.4 Å². The molecule has 0 saturated carbocycles. The first-order valence-electron chi connectivity index (χ1n) is 11.8. The second-order valence-corrected chi connectivity index (χ2v) is 8.93. The van der Waals surface area contributed by atoms with Crippen molar-refractivity contribution in [2.75, 3.05) is 27.2 Å². The summed E-state index contributed by atoms with van der Waals surface area (Å²) >= 11 is 0. The molecular formula is C29H31FN2O2. The molecule has 0 bridgehead atoms. The van der Waals surface area contributed by atoms with Gasteiger partial charge in [-0.2, -0.15) is 5.26 Å². The topological polar surface area (TPSA) is 45.5 Å². The van der Waals surface area contributed by atoms with Crippen molar-refractivity contribution in [2.45, 2.75) is 37.9 Å². The van der Waals surface area contributed by atoms with Crippen LogP contribution in [0.5, 0.6) is 5.75 Å². The molecule has 1 atom stereocenters. The Morgan fingerprint density at radius 2 is 1.82 bits per heavy atom. The monoisotopic (exact) mass is 458 g/mol. The molecule has 0 fully saturated rings. The van der Waals surface area contributed by atoms with E-state index in [0.29, 0.717) is 12.2 Å². The minimum absolute atomic E-state index is 0.258. The molecule has 0 amide bonds. The highest BCUT2D eigenvalue weighted by Crippen LogP contribution is 2.45. The molecule has 0 radical (unpaired) electrons. The Morgan fingerprint density at radius 3 is 2.59 bits per heavy atom. The molecule has 5 heteroatoms. The Balaban J connectivity index is 1.41. The van der Waals surface area contributed by atoms with E-state index in [1.165, 1.54) is 17.7 Å². The van der Waals surface area contributed by atoms with Crippen LogP contribution in [0, 0.1) is 17.1 Å². The average molecular weight is 459 g/mol. The molecule has 176 valence electrons. The quantitative estimate of drug-likeness (QED) is 0.384. The molecule has 0 aliphatic carbocycles. The molecule has 0 N–H and O–H groups in total. The van der Waals surface area contributed by atoms with E-state index in [9.17, 15) is 9.65 Å². The van der Waals surface area contributed by atoms with Crippen LogP contribution in [-0.4, -0.2) is 32.1 Å². The number of halogens is 1. The summed E-state index contributed by atoms with van der Waals surface area (Å²) in [6.07, 6.45) is 3.75. The highest BCUT2D eigenvalue weighted by molar-refractivity contribution is 5.48. The van der Waals surface area contributed by atoms with Crippen molar-refractivity contribution in [3.05, 3.63) is 100 Å². The van der Waals surface area contributed by atoms with Crippen LogP contribution in [0.15, 0.2) is 66.7 Å². The summed E-state index contributed by atoms with van der Waals surface area (Å²) in [6.45, 7) is 2.38. The standard InChI is InChI=1S/C29H31FN2O2/c1-32(17-5-8-23-7-3-4-9-28(23)33-2)18-6-16-29(25-11-13-26(30)14-12-25)27-15-10-22(20-31)19-24(27)21-34-29/h3-4,7,9-15,19H,5-6,8,16-18,21H2,1-2H3. The number of hydrogen-bond acceptors (Lipinski definition) is 4. The fraction of sp³-hybridized carbons (Fsp3) is 0.345. The summed E-state index contributed by atoms with van der Waals surface area (Å²) in [7, 11) is 3.86. The Hall–Kier alpha value is -3.20. The molecule has 1 heterocycles. The molecule has 4 rings (SSSR count). The third-order valence-corrected chi connectivity index (χ3v) is 6.70. The summed E-state index contributed by atoms with van der Waals surface area (Å²) in [5, 5.41) is 9.28. The fourth-order valence-corrected chi connectivity index (χ4v) is 4.92. The van der Waals surface area contributed by atoms with Gasteiger partial charge in [-0.25, -0.2) is 4.39 Å². The van der Waals surface area contributed by atoms with Gasteiger partial charge in [0.05, 0.1) is 25.3 Å². The number of benzene rings is 3. The summed E-state index contributed by atoms with van der Waals surface area (Å²) < 4.78 is 25.5. The van der Waals surface area contributed by atoms with Crippen LogP contribution < -0.4 is 4.74 Å². The zero-order chi connectivity index (χ0) is 24.0. The number of para-hydroxylation sites is 1. The second-order valence-electron chi connectivity index (χ2n) is 8.93. The molecule has 1 aliphatic rings. The van der Waals surface area contributed by atoms with Gasteiger partial charge in [-0.05, 0) is 98.4 Å². The predicted molar refractivity (Wildman–Crippen MR) is 131 cm³/mol. The predicted octanol–water partition coefficient (Wildman–Crippen LogP) is 5.82. The number of fused-ring (bicyclic) bond motifs is 1. The van der Waals surface area contributed by atoms with Crippen LogP contribution in [0.25, 0.3) is 0 Å². The maximum atomic E-state index is 13.6. The molecule has 0 saturated heterocycles. The van der Waals surface area contributed by atoms with Crippen molar-refractivity contribution in [1.82, 2.24) is 4.90 Å². The van der Waals surface area contributed by atoms with E-state index in [0.717, 1.165) is 61.2 Å². The smallest absolute Gasteiger partial charge is 0.123 e. The summed E-state index contributed by atoms with van der Waals surface area (Å²) in [5.74, 6) is 0.690. The Morgan fingerprint density at radius 1 is 1.06 bits per heavy atom.